The van der Waals surface area contributed by atoms with Crippen LogP contribution in [0.3, 0.4) is 0 Å². The number of rotatable bonds is 5. The lowest BCUT2D eigenvalue weighted by atomic mass is 10.0. The van der Waals surface area contributed by atoms with E-state index < -0.39 is 0 Å². The number of para-hydroxylation sites is 1. The molecule has 2 aromatic carbocycles. The Hall–Kier alpha value is -3.14. The van der Waals surface area contributed by atoms with E-state index in [1.54, 1.807) is 6.20 Å². The maximum atomic E-state index is 12.5. The van der Waals surface area contributed by atoms with Crippen molar-refractivity contribution in [1.29, 1.82) is 0 Å². The van der Waals surface area contributed by atoms with Crippen LogP contribution >= 0.6 is 0 Å². The van der Waals surface area contributed by atoms with Gasteiger partial charge in [0.15, 0.2) is 0 Å². The molecule has 0 bridgehead atoms. The van der Waals surface area contributed by atoms with Crippen LogP contribution in [0.4, 0.5) is 11.4 Å². The number of carbonyl (C=O) groups excluding carboxylic acids is 1. The predicted octanol–water partition coefficient (Wildman–Crippen LogP) is 4.14. The van der Waals surface area contributed by atoms with Gasteiger partial charge in [0.1, 0.15) is 5.69 Å². The lowest BCUT2D eigenvalue weighted by Gasteiger charge is -2.31. The number of anilines is 2. The fourth-order valence-electron chi connectivity index (χ4n) is 3.57. The van der Waals surface area contributed by atoms with Gasteiger partial charge in [-0.1, -0.05) is 48.5 Å². The van der Waals surface area contributed by atoms with E-state index in [1.165, 1.54) is 16.8 Å². The average molecular weight is 357 g/mol. The number of amides is 1. The highest BCUT2D eigenvalue weighted by atomic mass is 16.1. The van der Waals surface area contributed by atoms with Crippen molar-refractivity contribution in [3.05, 3.63) is 89.7 Å². The first kappa shape index (κ1) is 17.3. The molecular weight excluding hydrogens is 334 g/mol. The molecule has 1 aromatic heterocycles. The van der Waals surface area contributed by atoms with Crippen LogP contribution in [0.15, 0.2) is 72.9 Å². The second-order valence-electron chi connectivity index (χ2n) is 6.77. The fraction of sp³-hybridized carbons (Fsp3) is 0.217. The molecule has 1 amide bonds. The van der Waals surface area contributed by atoms with Gasteiger partial charge in [-0.3, -0.25) is 9.78 Å². The molecular formula is C23H23N3O. The van der Waals surface area contributed by atoms with Gasteiger partial charge in [0.25, 0.3) is 5.91 Å². The minimum Gasteiger partial charge on any atom is -0.350 e. The summed E-state index contributed by atoms with van der Waals surface area (Å²) in [5.41, 5.74) is 5.28. The summed E-state index contributed by atoms with van der Waals surface area (Å²) in [6.45, 7) is 1.55. The lowest BCUT2D eigenvalue weighted by Crippen LogP contribution is -2.28. The zero-order chi connectivity index (χ0) is 18.5. The quantitative estimate of drug-likeness (QED) is 0.746. The molecule has 1 aliphatic rings. The monoisotopic (exact) mass is 357 g/mol. The summed E-state index contributed by atoms with van der Waals surface area (Å²) in [7, 11) is 0. The molecule has 0 saturated heterocycles. The second-order valence-corrected chi connectivity index (χ2v) is 6.77. The molecule has 0 spiro atoms. The Kier molecular flexibility index (Phi) is 5.15. The number of aryl methyl sites for hydroxylation is 1. The Morgan fingerprint density at radius 2 is 1.85 bits per heavy atom. The zero-order valence-corrected chi connectivity index (χ0v) is 15.3. The molecule has 0 aliphatic carbocycles. The third-order valence-electron chi connectivity index (χ3n) is 4.94. The Bertz CT molecular complexity index is 924. The van der Waals surface area contributed by atoms with Gasteiger partial charge in [0.05, 0.1) is 0 Å². The van der Waals surface area contributed by atoms with Gasteiger partial charge in [0, 0.05) is 30.7 Å². The Morgan fingerprint density at radius 3 is 2.74 bits per heavy atom. The minimum absolute atomic E-state index is 0.127. The molecule has 0 fully saturated rings. The third kappa shape index (κ3) is 4.00. The predicted molar refractivity (Wildman–Crippen MR) is 108 cm³/mol. The van der Waals surface area contributed by atoms with Crippen molar-refractivity contribution >= 4 is 17.3 Å². The molecule has 1 aliphatic heterocycles. The molecule has 2 heterocycles. The zero-order valence-electron chi connectivity index (χ0n) is 15.3. The number of pyridine rings is 1. The number of nitrogens with zero attached hydrogens (tertiary/aromatic N) is 2. The molecule has 27 heavy (non-hydrogen) atoms. The lowest BCUT2D eigenvalue weighted by molar-refractivity contribution is 0.0949. The number of fused-ring (bicyclic) bond motifs is 1. The van der Waals surface area contributed by atoms with Gasteiger partial charge < -0.3 is 10.2 Å². The Balaban J connectivity index is 1.46. The van der Waals surface area contributed by atoms with Crippen molar-refractivity contribution in [2.75, 3.05) is 18.0 Å². The number of hydrogen-bond acceptors (Lipinski definition) is 3. The minimum atomic E-state index is -0.127. The first-order valence-corrected chi connectivity index (χ1v) is 9.45. The van der Waals surface area contributed by atoms with Crippen LogP contribution in [0.2, 0.25) is 0 Å². The highest BCUT2D eigenvalue weighted by Gasteiger charge is 2.19. The smallest absolute Gasteiger partial charge is 0.269 e. The van der Waals surface area contributed by atoms with E-state index >= 15 is 0 Å². The van der Waals surface area contributed by atoms with Crippen LogP contribution in [0.5, 0.6) is 0 Å². The number of benzene rings is 2. The van der Waals surface area contributed by atoms with Gasteiger partial charge in [-0.05, 0) is 48.6 Å². The Morgan fingerprint density at radius 1 is 1.04 bits per heavy atom. The van der Waals surface area contributed by atoms with Crippen molar-refractivity contribution in [1.82, 2.24) is 10.3 Å². The van der Waals surface area contributed by atoms with E-state index in [1.807, 2.05) is 30.3 Å². The van der Waals surface area contributed by atoms with E-state index in [-0.39, 0.29) is 5.91 Å². The largest absolute Gasteiger partial charge is 0.350 e. The van der Waals surface area contributed by atoms with Gasteiger partial charge in [-0.15, -0.1) is 0 Å². The van der Waals surface area contributed by atoms with Gasteiger partial charge in [-0.2, -0.15) is 0 Å². The molecule has 4 nitrogen and oxygen atoms in total. The molecule has 136 valence electrons. The summed E-state index contributed by atoms with van der Waals surface area (Å²) in [5, 5.41) is 2.98. The van der Waals surface area contributed by atoms with Gasteiger partial charge in [0.2, 0.25) is 0 Å². The average Bonchev–Trinajstić information content (AvgIpc) is 2.74. The number of hydrogen-bond donors (Lipinski definition) is 1. The molecule has 0 saturated carbocycles. The van der Waals surface area contributed by atoms with Crippen LogP contribution in [-0.4, -0.2) is 24.0 Å². The van der Waals surface area contributed by atoms with E-state index in [0.717, 1.165) is 31.5 Å². The molecule has 1 N–H and O–H groups in total. The normalized spacial score (nSPS) is 13.1. The molecule has 3 aromatic rings. The summed E-state index contributed by atoms with van der Waals surface area (Å²) in [4.78, 5) is 19.1. The second kappa shape index (κ2) is 8.04. The van der Waals surface area contributed by atoms with Crippen LogP contribution in [-0.2, 0) is 12.8 Å². The van der Waals surface area contributed by atoms with E-state index in [0.29, 0.717) is 12.2 Å². The van der Waals surface area contributed by atoms with Crippen LogP contribution in [0, 0.1) is 0 Å². The Labute approximate surface area is 159 Å². The van der Waals surface area contributed by atoms with Crippen LogP contribution in [0.25, 0.3) is 0 Å². The van der Waals surface area contributed by atoms with Gasteiger partial charge in [-0.25, -0.2) is 0 Å². The van der Waals surface area contributed by atoms with E-state index in [4.69, 9.17) is 0 Å². The summed E-state index contributed by atoms with van der Waals surface area (Å²) in [6.07, 6.45) is 4.74. The highest BCUT2D eigenvalue weighted by molar-refractivity contribution is 5.93. The van der Waals surface area contributed by atoms with E-state index in [2.05, 4.69) is 51.6 Å². The standard InChI is InChI=1S/C23H23N3O/c27-23(25-14-12-18-7-2-1-3-8-18)21-17-20(13-15-24-21)26-16-6-10-19-9-4-5-11-22(19)26/h1-5,7-9,11,13,15,17H,6,10,12,14,16H2,(H,25,27). The van der Waals surface area contributed by atoms with Crippen molar-refractivity contribution < 1.29 is 4.79 Å². The van der Waals surface area contributed by atoms with Crippen molar-refractivity contribution in [2.24, 2.45) is 0 Å². The molecule has 4 rings (SSSR count). The number of carbonyl (C=O) groups is 1. The molecule has 0 atom stereocenters. The van der Waals surface area contributed by atoms with Crippen LogP contribution < -0.4 is 10.2 Å². The molecule has 0 radical (unpaired) electrons. The number of aromatic nitrogens is 1. The fourth-order valence-corrected chi connectivity index (χ4v) is 3.57. The van der Waals surface area contributed by atoms with Crippen molar-refractivity contribution in [3.8, 4) is 0 Å². The highest BCUT2D eigenvalue weighted by Crippen LogP contribution is 2.33. The van der Waals surface area contributed by atoms with Crippen molar-refractivity contribution in [2.45, 2.75) is 19.3 Å². The number of nitrogens with one attached hydrogen (secondary N) is 1. The topological polar surface area (TPSA) is 45.2 Å². The SMILES string of the molecule is O=C(NCCc1ccccc1)c1cc(N2CCCc3ccccc32)ccn1. The first-order valence-electron chi connectivity index (χ1n) is 9.45. The maximum absolute atomic E-state index is 12.5. The van der Waals surface area contributed by atoms with Gasteiger partial charge >= 0.3 is 0 Å². The molecule has 4 heteroatoms. The third-order valence-corrected chi connectivity index (χ3v) is 4.94. The molecule has 0 unspecified atom stereocenters. The summed E-state index contributed by atoms with van der Waals surface area (Å²) < 4.78 is 0. The van der Waals surface area contributed by atoms with Crippen LogP contribution in [0.1, 0.15) is 28.0 Å². The first-order chi connectivity index (χ1) is 13.3. The summed E-state index contributed by atoms with van der Waals surface area (Å²) >= 11 is 0. The maximum Gasteiger partial charge on any atom is 0.269 e. The summed E-state index contributed by atoms with van der Waals surface area (Å²) in [5.74, 6) is -0.127. The summed E-state index contributed by atoms with van der Waals surface area (Å²) in [6, 6.07) is 22.5. The van der Waals surface area contributed by atoms with Crippen molar-refractivity contribution in [3.63, 3.8) is 0 Å². The van der Waals surface area contributed by atoms with E-state index in [9.17, 15) is 4.79 Å².